The van der Waals surface area contributed by atoms with Gasteiger partial charge in [0.05, 0.1) is 21.4 Å². The molecular formula is C12H7Cl2F2N. The Morgan fingerprint density at radius 3 is 2.47 bits per heavy atom. The van der Waals surface area contributed by atoms with Gasteiger partial charge in [-0.05, 0) is 24.3 Å². The molecule has 0 unspecified atom stereocenters. The summed E-state index contributed by atoms with van der Waals surface area (Å²) in [5, 5.41) is 3.29. The Morgan fingerprint density at radius 2 is 1.71 bits per heavy atom. The van der Waals surface area contributed by atoms with Gasteiger partial charge in [0, 0.05) is 6.07 Å². The van der Waals surface area contributed by atoms with E-state index in [1.165, 1.54) is 0 Å². The van der Waals surface area contributed by atoms with E-state index in [0.717, 1.165) is 18.2 Å². The lowest BCUT2D eigenvalue weighted by atomic mass is 10.2. The molecule has 2 aromatic rings. The summed E-state index contributed by atoms with van der Waals surface area (Å²) in [6, 6.07) is 8.02. The molecule has 0 amide bonds. The van der Waals surface area contributed by atoms with Crippen molar-refractivity contribution in [2.75, 3.05) is 5.32 Å². The van der Waals surface area contributed by atoms with E-state index in [2.05, 4.69) is 5.32 Å². The van der Waals surface area contributed by atoms with Crippen LogP contribution in [0, 0.1) is 11.6 Å². The van der Waals surface area contributed by atoms with Gasteiger partial charge >= 0.3 is 0 Å². The van der Waals surface area contributed by atoms with E-state index >= 15 is 0 Å². The fourth-order valence-electron chi connectivity index (χ4n) is 1.34. The van der Waals surface area contributed by atoms with Crippen LogP contribution in [0.15, 0.2) is 36.4 Å². The van der Waals surface area contributed by atoms with Gasteiger partial charge in [0.25, 0.3) is 0 Å². The summed E-state index contributed by atoms with van der Waals surface area (Å²) in [7, 11) is 0. The highest BCUT2D eigenvalue weighted by atomic mass is 35.5. The van der Waals surface area contributed by atoms with Crippen LogP contribution in [-0.4, -0.2) is 0 Å². The Hall–Kier alpha value is -1.32. The SMILES string of the molecule is Fc1ccc(F)c(Nc2cccc(Cl)c2Cl)c1. The van der Waals surface area contributed by atoms with Crippen LogP contribution in [0.3, 0.4) is 0 Å². The van der Waals surface area contributed by atoms with Crippen LogP contribution in [0.4, 0.5) is 20.2 Å². The maximum atomic E-state index is 13.4. The van der Waals surface area contributed by atoms with Crippen molar-refractivity contribution >= 4 is 34.6 Å². The molecule has 0 saturated carbocycles. The van der Waals surface area contributed by atoms with Crippen molar-refractivity contribution in [1.82, 2.24) is 0 Å². The molecule has 17 heavy (non-hydrogen) atoms. The highest BCUT2D eigenvalue weighted by Crippen LogP contribution is 2.32. The first-order valence-corrected chi connectivity index (χ1v) is 5.49. The average Bonchev–Trinajstić information content (AvgIpc) is 2.30. The largest absolute Gasteiger partial charge is 0.352 e. The lowest BCUT2D eigenvalue weighted by Gasteiger charge is -2.10. The topological polar surface area (TPSA) is 12.0 Å². The lowest BCUT2D eigenvalue weighted by Crippen LogP contribution is -1.95. The van der Waals surface area contributed by atoms with Gasteiger partial charge in [-0.25, -0.2) is 8.78 Å². The highest BCUT2D eigenvalue weighted by Gasteiger charge is 2.08. The van der Waals surface area contributed by atoms with Crippen molar-refractivity contribution in [3.05, 3.63) is 58.1 Å². The standard InChI is InChI=1S/C12H7Cl2F2N/c13-8-2-1-3-10(12(8)14)17-11-6-7(15)4-5-9(11)16/h1-6,17H. The van der Waals surface area contributed by atoms with Crippen molar-refractivity contribution in [2.45, 2.75) is 0 Å². The van der Waals surface area contributed by atoms with Gasteiger partial charge < -0.3 is 5.32 Å². The molecule has 1 nitrogen and oxygen atoms in total. The normalized spacial score (nSPS) is 10.4. The van der Waals surface area contributed by atoms with Gasteiger partial charge in [0.15, 0.2) is 0 Å². The van der Waals surface area contributed by atoms with Gasteiger partial charge in [0.2, 0.25) is 0 Å². The minimum atomic E-state index is -0.567. The molecule has 5 heteroatoms. The second-order valence-electron chi connectivity index (χ2n) is 3.35. The molecule has 0 bridgehead atoms. The van der Waals surface area contributed by atoms with E-state index in [1.54, 1.807) is 18.2 Å². The van der Waals surface area contributed by atoms with E-state index < -0.39 is 11.6 Å². The number of halogens is 4. The molecule has 1 N–H and O–H groups in total. The molecule has 2 rings (SSSR count). The van der Waals surface area contributed by atoms with Crippen LogP contribution in [-0.2, 0) is 0 Å². The molecule has 0 spiro atoms. The number of benzene rings is 2. The maximum absolute atomic E-state index is 13.4. The number of hydrogen-bond donors (Lipinski definition) is 1. The van der Waals surface area contributed by atoms with Crippen molar-refractivity contribution < 1.29 is 8.78 Å². The molecule has 0 aliphatic heterocycles. The minimum Gasteiger partial charge on any atom is -0.352 e. The van der Waals surface area contributed by atoms with Gasteiger partial charge in [-0.3, -0.25) is 0 Å². The summed E-state index contributed by atoms with van der Waals surface area (Å²) >= 11 is 11.7. The van der Waals surface area contributed by atoms with Crippen LogP contribution >= 0.6 is 23.2 Å². The van der Waals surface area contributed by atoms with Crippen molar-refractivity contribution in [3.63, 3.8) is 0 Å². The van der Waals surface area contributed by atoms with Gasteiger partial charge in [-0.15, -0.1) is 0 Å². The number of anilines is 2. The minimum absolute atomic E-state index is 0.00849. The molecule has 88 valence electrons. The fourth-order valence-corrected chi connectivity index (χ4v) is 1.69. The Kier molecular flexibility index (Phi) is 3.50. The van der Waals surface area contributed by atoms with E-state index in [4.69, 9.17) is 23.2 Å². The number of hydrogen-bond acceptors (Lipinski definition) is 1. The molecule has 0 fully saturated rings. The second-order valence-corrected chi connectivity index (χ2v) is 4.14. The summed E-state index contributed by atoms with van der Waals surface area (Å²) < 4.78 is 26.3. The Balaban J connectivity index is 2.38. The van der Waals surface area contributed by atoms with Crippen LogP contribution in [0.5, 0.6) is 0 Å². The first kappa shape index (κ1) is 12.1. The van der Waals surface area contributed by atoms with Crippen molar-refractivity contribution in [1.29, 1.82) is 0 Å². The smallest absolute Gasteiger partial charge is 0.146 e. The first-order chi connectivity index (χ1) is 8.08. The molecule has 0 radical (unpaired) electrons. The van der Waals surface area contributed by atoms with Gasteiger partial charge in [0.1, 0.15) is 11.6 Å². The number of nitrogens with one attached hydrogen (secondary N) is 1. The van der Waals surface area contributed by atoms with E-state index in [-0.39, 0.29) is 10.7 Å². The fraction of sp³-hybridized carbons (Fsp3) is 0. The summed E-state index contributed by atoms with van der Waals surface area (Å²) in [4.78, 5) is 0. The van der Waals surface area contributed by atoms with Crippen molar-refractivity contribution in [3.8, 4) is 0 Å². The van der Waals surface area contributed by atoms with Gasteiger partial charge in [-0.2, -0.15) is 0 Å². The zero-order valence-corrected chi connectivity index (χ0v) is 9.99. The third-order valence-electron chi connectivity index (χ3n) is 2.15. The lowest BCUT2D eigenvalue weighted by molar-refractivity contribution is 0.603. The highest BCUT2D eigenvalue weighted by molar-refractivity contribution is 6.43. The monoisotopic (exact) mass is 273 g/mol. The average molecular weight is 274 g/mol. The van der Waals surface area contributed by atoms with E-state index in [9.17, 15) is 8.78 Å². The molecule has 2 aromatic carbocycles. The molecule has 0 aromatic heterocycles. The Bertz CT molecular complexity index is 558. The molecule has 0 aliphatic rings. The Labute approximate surface area is 107 Å². The predicted molar refractivity (Wildman–Crippen MR) is 66.1 cm³/mol. The van der Waals surface area contributed by atoms with Crippen molar-refractivity contribution in [2.24, 2.45) is 0 Å². The zero-order chi connectivity index (χ0) is 12.4. The zero-order valence-electron chi connectivity index (χ0n) is 8.48. The predicted octanol–water partition coefficient (Wildman–Crippen LogP) is 5.02. The number of rotatable bonds is 2. The van der Waals surface area contributed by atoms with Crippen LogP contribution in [0.1, 0.15) is 0 Å². The quantitative estimate of drug-likeness (QED) is 0.811. The summed E-state index contributed by atoms with van der Waals surface area (Å²) in [5.41, 5.74) is 0.429. The van der Waals surface area contributed by atoms with Gasteiger partial charge in [-0.1, -0.05) is 29.3 Å². The van der Waals surface area contributed by atoms with Crippen LogP contribution in [0.2, 0.25) is 10.0 Å². The molecular weight excluding hydrogens is 267 g/mol. The molecule has 0 saturated heterocycles. The molecule has 0 aliphatic carbocycles. The summed E-state index contributed by atoms with van der Waals surface area (Å²) in [5.74, 6) is -1.10. The Morgan fingerprint density at radius 1 is 0.941 bits per heavy atom. The van der Waals surface area contributed by atoms with Crippen LogP contribution < -0.4 is 5.32 Å². The summed E-state index contributed by atoms with van der Waals surface area (Å²) in [6.45, 7) is 0. The van der Waals surface area contributed by atoms with E-state index in [1.807, 2.05) is 0 Å². The summed E-state index contributed by atoms with van der Waals surface area (Å²) in [6.07, 6.45) is 0. The van der Waals surface area contributed by atoms with E-state index in [0.29, 0.717) is 10.7 Å². The first-order valence-electron chi connectivity index (χ1n) is 4.74. The third-order valence-corrected chi connectivity index (χ3v) is 2.97. The second kappa shape index (κ2) is 4.90. The maximum Gasteiger partial charge on any atom is 0.146 e. The molecule has 0 heterocycles. The van der Waals surface area contributed by atoms with Crippen LogP contribution in [0.25, 0.3) is 0 Å². The third kappa shape index (κ3) is 2.68. The molecule has 0 atom stereocenters.